The molecular weight excluding hydrogens is 241 g/mol. The van der Waals surface area contributed by atoms with E-state index in [9.17, 15) is 22.8 Å². The van der Waals surface area contributed by atoms with Crippen LogP contribution in [0.25, 0.3) is 0 Å². The minimum atomic E-state index is -4.93. The zero-order chi connectivity index (χ0) is 13.1. The van der Waals surface area contributed by atoms with Crippen LogP contribution in [0.15, 0.2) is 18.2 Å². The summed E-state index contributed by atoms with van der Waals surface area (Å²) in [5.74, 6) is -1.73. The molecule has 17 heavy (non-hydrogen) atoms. The van der Waals surface area contributed by atoms with Crippen LogP contribution in [0.1, 0.15) is 20.7 Å². The first-order valence-electron chi connectivity index (χ1n) is 4.30. The van der Waals surface area contributed by atoms with Crippen LogP contribution in [0.2, 0.25) is 0 Å². The summed E-state index contributed by atoms with van der Waals surface area (Å²) in [6, 6.07) is 2.93. The molecule has 0 atom stereocenters. The van der Waals surface area contributed by atoms with Gasteiger partial charge in [0, 0.05) is 5.56 Å². The number of methoxy groups -OCH3 is 1. The minimum Gasteiger partial charge on any atom is -0.465 e. The van der Waals surface area contributed by atoms with Gasteiger partial charge in [0.15, 0.2) is 0 Å². The number of halogens is 3. The van der Waals surface area contributed by atoms with Crippen molar-refractivity contribution in [3.8, 4) is 5.75 Å². The van der Waals surface area contributed by atoms with Crippen molar-refractivity contribution in [2.45, 2.75) is 6.36 Å². The summed E-state index contributed by atoms with van der Waals surface area (Å²) in [6.45, 7) is 0. The van der Waals surface area contributed by atoms with Crippen LogP contribution in [-0.2, 0) is 4.74 Å². The summed E-state index contributed by atoms with van der Waals surface area (Å²) in [6.07, 6.45) is -4.53. The molecule has 92 valence electrons. The molecule has 0 aliphatic carbocycles. The summed E-state index contributed by atoms with van der Waals surface area (Å²) in [5, 5.41) is 0. The second-order valence-electron chi connectivity index (χ2n) is 2.91. The molecule has 0 aliphatic rings. The summed E-state index contributed by atoms with van der Waals surface area (Å²) < 4.78 is 44.0. The van der Waals surface area contributed by atoms with Crippen molar-refractivity contribution in [1.82, 2.24) is 0 Å². The van der Waals surface area contributed by atoms with Gasteiger partial charge in [-0.1, -0.05) is 0 Å². The summed E-state index contributed by atoms with van der Waals surface area (Å²) >= 11 is 0. The number of carbonyl (C=O) groups excluding carboxylic acids is 2. The molecule has 0 amide bonds. The van der Waals surface area contributed by atoms with Crippen molar-refractivity contribution in [3.63, 3.8) is 0 Å². The standard InChI is InChI=1S/C10H7F3O4/c1-16-9(15)7-4-6(5-14)2-3-8(7)17-10(11,12)13/h2-5H,1H3. The quantitative estimate of drug-likeness (QED) is 0.607. The number of esters is 1. The van der Waals surface area contributed by atoms with Crippen LogP contribution in [0.5, 0.6) is 5.75 Å². The molecule has 4 nitrogen and oxygen atoms in total. The van der Waals surface area contributed by atoms with Crippen LogP contribution < -0.4 is 4.74 Å². The Hall–Kier alpha value is -2.05. The van der Waals surface area contributed by atoms with Crippen LogP contribution in [0.3, 0.4) is 0 Å². The number of alkyl halides is 3. The zero-order valence-electron chi connectivity index (χ0n) is 8.58. The van der Waals surface area contributed by atoms with Crippen molar-refractivity contribution in [2.24, 2.45) is 0 Å². The summed E-state index contributed by atoms with van der Waals surface area (Å²) in [4.78, 5) is 21.7. The minimum absolute atomic E-state index is 0.0416. The van der Waals surface area contributed by atoms with Gasteiger partial charge in [0.05, 0.1) is 7.11 Å². The van der Waals surface area contributed by atoms with E-state index < -0.39 is 23.6 Å². The second kappa shape index (κ2) is 4.86. The van der Waals surface area contributed by atoms with Crippen LogP contribution >= 0.6 is 0 Å². The van der Waals surface area contributed by atoms with Crippen LogP contribution in [-0.4, -0.2) is 25.7 Å². The third-order valence-corrected chi connectivity index (χ3v) is 1.77. The Morgan fingerprint density at radius 2 is 2.00 bits per heavy atom. The summed E-state index contributed by atoms with van der Waals surface area (Å²) in [7, 11) is 1.01. The molecule has 1 aromatic carbocycles. The van der Waals surface area contributed by atoms with Gasteiger partial charge in [-0.25, -0.2) is 4.79 Å². The molecular formula is C10H7F3O4. The number of aldehydes is 1. The molecule has 0 saturated heterocycles. The Kier molecular flexibility index (Phi) is 3.72. The predicted molar refractivity (Wildman–Crippen MR) is 49.9 cm³/mol. The SMILES string of the molecule is COC(=O)c1cc(C=O)ccc1OC(F)(F)F. The topological polar surface area (TPSA) is 52.6 Å². The molecule has 7 heteroatoms. The second-order valence-corrected chi connectivity index (χ2v) is 2.91. The van der Waals surface area contributed by atoms with Crippen LogP contribution in [0, 0.1) is 0 Å². The molecule has 0 fully saturated rings. The lowest BCUT2D eigenvalue weighted by molar-refractivity contribution is -0.274. The normalized spacial score (nSPS) is 10.8. The van der Waals surface area contributed by atoms with E-state index in [1.54, 1.807) is 0 Å². The molecule has 1 aromatic rings. The smallest absolute Gasteiger partial charge is 0.465 e. The fourth-order valence-corrected chi connectivity index (χ4v) is 1.10. The lowest BCUT2D eigenvalue weighted by Gasteiger charge is -2.12. The maximum atomic E-state index is 12.0. The molecule has 0 unspecified atom stereocenters. The van der Waals surface area contributed by atoms with Gasteiger partial charge in [-0.3, -0.25) is 4.79 Å². The van der Waals surface area contributed by atoms with Crippen molar-refractivity contribution in [3.05, 3.63) is 29.3 Å². The number of carbonyl (C=O) groups is 2. The van der Waals surface area contributed by atoms with Crippen molar-refractivity contribution >= 4 is 12.3 Å². The van der Waals surface area contributed by atoms with Gasteiger partial charge in [-0.05, 0) is 18.2 Å². The molecule has 0 spiro atoms. The first-order chi connectivity index (χ1) is 7.87. The molecule has 0 aromatic heterocycles. The van der Waals surface area contributed by atoms with Gasteiger partial charge < -0.3 is 9.47 Å². The first kappa shape index (κ1) is 13.0. The maximum absolute atomic E-state index is 12.0. The van der Waals surface area contributed by atoms with Gasteiger partial charge in [-0.15, -0.1) is 13.2 Å². The average Bonchev–Trinajstić information content (AvgIpc) is 2.26. The monoisotopic (exact) mass is 248 g/mol. The Balaban J connectivity index is 3.20. The van der Waals surface area contributed by atoms with E-state index in [1.165, 1.54) is 0 Å². The Morgan fingerprint density at radius 1 is 1.35 bits per heavy atom. The third-order valence-electron chi connectivity index (χ3n) is 1.77. The largest absolute Gasteiger partial charge is 0.573 e. The third kappa shape index (κ3) is 3.47. The van der Waals surface area contributed by atoms with Gasteiger partial charge in [-0.2, -0.15) is 0 Å². The number of hydrogen-bond donors (Lipinski definition) is 0. The molecule has 0 aliphatic heterocycles. The predicted octanol–water partition coefficient (Wildman–Crippen LogP) is 2.18. The van der Waals surface area contributed by atoms with E-state index in [-0.39, 0.29) is 5.56 Å². The van der Waals surface area contributed by atoms with E-state index in [1.807, 2.05) is 0 Å². The molecule has 0 heterocycles. The van der Waals surface area contributed by atoms with E-state index in [4.69, 9.17) is 0 Å². The van der Waals surface area contributed by atoms with Gasteiger partial charge >= 0.3 is 12.3 Å². The number of hydrogen-bond acceptors (Lipinski definition) is 4. The number of ether oxygens (including phenoxy) is 2. The molecule has 1 rings (SSSR count). The molecule has 0 saturated carbocycles. The number of benzene rings is 1. The Bertz CT molecular complexity index is 440. The fraction of sp³-hybridized carbons (Fsp3) is 0.200. The average molecular weight is 248 g/mol. The Morgan fingerprint density at radius 3 is 2.47 bits per heavy atom. The molecule has 0 bridgehead atoms. The van der Waals surface area contributed by atoms with Crippen molar-refractivity contribution in [1.29, 1.82) is 0 Å². The fourth-order valence-electron chi connectivity index (χ4n) is 1.10. The molecule has 0 radical (unpaired) electrons. The van der Waals surface area contributed by atoms with Crippen molar-refractivity contribution in [2.75, 3.05) is 7.11 Å². The van der Waals surface area contributed by atoms with Gasteiger partial charge in [0.2, 0.25) is 0 Å². The van der Waals surface area contributed by atoms with Gasteiger partial charge in [0.1, 0.15) is 17.6 Å². The number of rotatable bonds is 3. The maximum Gasteiger partial charge on any atom is 0.573 e. The van der Waals surface area contributed by atoms with Crippen molar-refractivity contribution < 1.29 is 32.2 Å². The molecule has 0 N–H and O–H groups in total. The lowest BCUT2D eigenvalue weighted by Crippen LogP contribution is -2.19. The highest BCUT2D eigenvalue weighted by Gasteiger charge is 2.33. The highest BCUT2D eigenvalue weighted by Crippen LogP contribution is 2.27. The van der Waals surface area contributed by atoms with E-state index in [0.29, 0.717) is 6.29 Å². The lowest BCUT2D eigenvalue weighted by atomic mass is 10.1. The summed E-state index contributed by atoms with van der Waals surface area (Å²) in [5.41, 5.74) is -0.422. The van der Waals surface area contributed by atoms with E-state index >= 15 is 0 Å². The van der Waals surface area contributed by atoms with Crippen LogP contribution in [0.4, 0.5) is 13.2 Å². The Labute approximate surface area is 93.9 Å². The highest BCUT2D eigenvalue weighted by molar-refractivity contribution is 5.94. The first-order valence-corrected chi connectivity index (χ1v) is 4.30. The van der Waals surface area contributed by atoms with Gasteiger partial charge in [0.25, 0.3) is 0 Å². The highest BCUT2D eigenvalue weighted by atomic mass is 19.4. The van der Waals surface area contributed by atoms with E-state index in [0.717, 1.165) is 25.3 Å². The zero-order valence-corrected chi connectivity index (χ0v) is 8.58. The van der Waals surface area contributed by atoms with E-state index in [2.05, 4.69) is 9.47 Å².